The summed E-state index contributed by atoms with van der Waals surface area (Å²) in [6.45, 7) is 3.16. The van der Waals surface area contributed by atoms with Crippen molar-refractivity contribution in [2.45, 2.75) is 23.6 Å². The zero-order valence-electron chi connectivity index (χ0n) is 16.7. The Kier molecular flexibility index (Phi) is 6.22. The summed E-state index contributed by atoms with van der Waals surface area (Å²) < 4.78 is 0. The van der Waals surface area contributed by atoms with Crippen LogP contribution in [0.4, 0.5) is 11.4 Å². The molecule has 0 spiro atoms. The van der Waals surface area contributed by atoms with Crippen molar-refractivity contribution in [3.63, 3.8) is 0 Å². The highest BCUT2D eigenvalue weighted by Crippen LogP contribution is 2.42. The lowest BCUT2D eigenvalue weighted by atomic mass is 10.2. The molecule has 0 saturated heterocycles. The van der Waals surface area contributed by atoms with Gasteiger partial charge < -0.3 is 0 Å². The van der Waals surface area contributed by atoms with E-state index in [9.17, 15) is 19.2 Å². The van der Waals surface area contributed by atoms with E-state index in [0.29, 0.717) is 22.5 Å². The topological polar surface area (TPSA) is 74.8 Å². The molecule has 162 valence electrons. The number of hydrogen-bond donors (Lipinski definition) is 0. The Morgan fingerprint density at radius 1 is 0.656 bits per heavy atom. The molecule has 2 aromatic rings. The van der Waals surface area contributed by atoms with Crippen LogP contribution in [0.3, 0.4) is 0 Å². The highest BCUT2D eigenvalue weighted by Gasteiger charge is 2.32. The third-order valence-electron chi connectivity index (χ3n) is 4.76. The van der Waals surface area contributed by atoms with Gasteiger partial charge in [-0.1, -0.05) is 44.8 Å². The molecule has 4 amide bonds. The Bertz CT molecular complexity index is 1180. The van der Waals surface area contributed by atoms with Gasteiger partial charge in [0.05, 0.1) is 21.4 Å². The molecule has 0 N–H and O–H groups in total. The van der Waals surface area contributed by atoms with Gasteiger partial charge in [0, 0.05) is 33.1 Å². The van der Waals surface area contributed by atoms with Crippen LogP contribution in [-0.2, 0) is 19.2 Å². The highest BCUT2D eigenvalue weighted by atomic mass is 35.5. The smallest absolute Gasteiger partial charge is 0.261 e. The number of hydrogen-bond acceptors (Lipinski definition) is 6. The largest absolute Gasteiger partial charge is 0.269 e. The molecule has 0 bridgehead atoms. The van der Waals surface area contributed by atoms with Gasteiger partial charge in [-0.3, -0.25) is 19.2 Å². The molecule has 0 radical (unpaired) electrons. The first-order valence-corrected chi connectivity index (χ1v) is 12.1. The average molecular weight is 505 g/mol. The second-order valence-corrected chi connectivity index (χ2v) is 10.1. The number of nitrogens with zero attached hydrogens (tertiary/aromatic N) is 2. The van der Waals surface area contributed by atoms with Crippen molar-refractivity contribution in [1.29, 1.82) is 0 Å². The molecule has 32 heavy (non-hydrogen) atoms. The van der Waals surface area contributed by atoms with Crippen LogP contribution >= 0.6 is 44.8 Å². The maximum absolute atomic E-state index is 12.2. The second kappa shape index (κ2) is 8.78. The van der Waals surface area contributed by atoms with Crippen LogP contribution in [0.5, 0.6) is 0 Å². The Balaban J connectivity index is 1.46. The van der Waals surface area contributed by atoms with Crippen molar-refractivity contribution < 1.29 is 19.2 Å². The van der Waals surface area contributed by atoms with Gasteiger partial charge in [0.2, 0.25) is 0 Å². The first-order valence-electron chi connectivity index (χ1n) is 9.24. The number of imide groups is 2. The standard InChI is InChI=1S/C22H14Cl2N2O4S2/c1-11-7-19(27)25(21(11)29)17-5-3-13(9-15(17)23)31-32-14-4-6-18(16(24)10-14)26-20(28)8-12(2)22(26)30/h3-10H,1-2H3. The molecule has 0 fully saturated rings. The van der Waals surface area contributed by atoms with Crippen LogP contribution in [0.15, 0.2) is 69.5 Å². The summed E-state index contributed by atoms with van der Waals surface area (Å²) in [4.78, 5) is 52.2. The fourth-order valence-electron chi connectivity index (χ4n) is 3.17. The van der Waals surface area contributed by atoms with Crippen LogP contribution < -0.4 is 9.80 Å². The van der Waals surface area contributed by atoms with E-state index in [1.54, 1.807) is 50.2 Å². The van der Waals surface area contributed by atoms with Crippen LogP contribution in [0.1, 0.15) is 13.8 Å². The van der Waals surface area contributed by atoms with E-state index in [2.05, 4.69) is 0 Å². The predicted molar refractivity (Wildman–Crippen MR) is 127 cm³/mol. The molecule has 10 heteroatoms. The van der Waals surface area contributed by atoms with Crippen LogP contribution in [0, 0.1) is 0 Å². The molecule has 4 rings (SSSR count). The van der Waals surface area contributed by atoms with Crippen molar-refractivity contribution in [3.8, 4) is 0 Å². The van der Waals surface area contributed by atoms with Gasteiger partial charge in [0.1, 0.15) is 0 Å². The summed E-state index contributed by atoms with van der Waals surface area (Å²) in [6.07, 6.45) is 2.57. The second-order valence-electron chi connectivity index (χ2n) is 7.01. The van der Waals surface area contributed by atoms with Crippen molar-refractivity contribution in [1.82, 2.24) is 0 Å². The van der Waals surface area contributed by atoms with E-state index in [0.717, 1.165) is 19.6 Å². The van der Waals surface area contributed by atoms with E-state index < -0.39 is 11.8 Å². The molecule has 2 heterocycles. The van der Waals surface area contributed by atoms with Crippen LogP contribution in [0.25, 0.3) is 0 Å². The summed E-state index contributed by atoms with van der Waals surface area (Å²) in [6, 6.07) is 10.1. The van der Waals surface area contributed by atoms with Crippen LogP contribution in [0.2, 0.25) is 10.0 Å². The summed E-state index contributed by atoms with van der Waals surface area (Å²) in [5, 5.41) is 0.561. The molecule has 0 aliphatic carbocycles. The third kappa shape index (κ3) is 4.11. The van der Waals surface area contributed by atoms with E-state index in [4.69, 9.17) is 23.2 Å². The molecule has 0 saturated carbocycles. The number of amides is 4. The quantitative estimate of drug-likeness (QED) is 0.399. The van der Waals surface area contributed by atoms with E-state index in [-0.39, 0.29) is 21.9 Å². The summed E-state index contributed by atoms with van der Waals surface area (Å²) >= 11 is 12.7. The van der Waals surface area contributed by atoms with Crippen molar-refractivity contribution in [2.24, 2.45) is 0 Å². The highest BCUT2D eigenvalue weighted by molar-refractivity contribution is 8.76. The van der Waals surface area contributed by atoms with Gasteiger partial charge in [0.25, 0.3) is 23.6 Å². The maximum Gasteiger partial charge on any atom is 0.261 e. The SMILES string of the molecule is CC1=CC(=O)N(c2ccc(SSc3ccc(N4C(=O)C=C(C)C4=O)c(Cl)c3)cc2Cl)C1=O. The lowest BCUT2D eigenvalue weighted by Crippen LogP contribution is -2.30. The molecule has 2 aliphatic heterocycles. The molecule has 0 aromatic heterocycles. The first-order chi connectivity index (χ1) is 15.2. The van der Waals surface area contributed by atoms with Gasteiger partial charge in [0.15, 0.2) is 0 Å². The van der Waals surface area contributed by atoms with E-state index >= 15 is 0 Å². The van der Waals surface area contributed by atoms with Gasteiger partial charge in [-0.25, -0.2) is 9.80 Å². The lowest BCUT2D eigenvalue weighted by Gasteiger charge is -2.17. The van der Waals surface area contributed by atoms with Crippen molar-refractivity contribution in [2.75, 3.05) is 9.80 Å². The molecule has 2 aliphatic rings. The Hall–Kier alpha value is -2.52. The minimum Gasteiger partial charge on any atom is -0.269 e. The van der Waals surface area contributed by atoms with Crippen LogP contribution in [-0.4, -0.2) is 23.6 Å². The van der Waals surface area contributed by atoms with Gasteiger partial charge in [-0.05, 0) is 50.2 Å². The van der Waals surface area contributed by atoms with Crippen molar-refractivity contribution >= 4 is 79.8 Å². The number of carbonyl (C=O) groups is 4. The van der Waals surface area contributed by atoms with Gasteiger partial charge in [-0.2, -0.15) is 0 Å². The third-order valence-corrected chi connectivity index (χ3v) is 7.74. The monoisotopic (exact) mass is 504 g/mol. The Morgan fingerprint density at radius 2 is 1.03 bits per heavy atom. The molecule has 6 nitrogen and oxygen atoms in total. The number of benzene rings is 2. The molecular formula is C22H14Cl2N2O4S2. The molecule has 0 unspecified atom stereocenters. The number of halogens is 2. The minimum absolute atomic E-state index is 0.280. The first kappa shape index (κ1) is 22.7. The Morgan fingerprint density at radius 3 is 1.31 bits per heavy atom. The molecule has 0 atom stereocenters. The number of rotatable bonds is 5. The normalized spacial score (nSPS) is 16.2. The van der Waals surface area contributed by atoms with Gasteiger partial charge >= 0.3 is 0 Å². The zero-order chi connectivity index (χ0) is 23.2. The maximum atomic E-state index is 12.2. The summed E-state index contributed by atoms with van der Waals surface area (Å²) in [5.74, 6) is -1.61. The molecular weight excluding hydrogens is 491 g/mol. The number of anilines is 2. The summed E-state index contributed by atoms with van der Waals surface area (Å²) in [7, 11) is 2.81. The van der Waals surface area contributed by atoms with Gasteiger partial charge in [-0.15, -0.1) is 0 Å². The average Bonchev–Trinajstić information content (AvgIpc) is 3.14. The fraction of sp³-hybridized carbons (Fsp3) is 0.0909. The number of carbonyl (C=O) groups excluding carboxylic acids is 4. The zero-order valence-corrected chi connectivity index (χ0v) is 19.9. The minimum atomic E-state index is -0.417. The fourth-order valence-corrected chi connectivity index (χ4v) is 5.80. The van der Waals surface area contributed by atoms with E-state index in [1.165, 1.54) is 33.7 Å². The van der Waals surface area contributed by atoms with E-state index in [1.807, 2.05) is 0 Å². The van der Waals surface area contributed by atoms with Crippen molar-refractivity contribution in [3.05, 3.63) is 69.7 Å². The predicted octanol–water partition coefficient (Wildman–Crippen LogP) is 5.43. The molecule has 2 aromatic carbocycles. The summed E-state index contributed by atoms with van der Waals surface area (Å²) in [5.41, 5.74) is 1.40. The Labute approximate surface area is 201 Å². The lowest BCUT2D eigenvalue weighted by molar-refractivity contribution is -0.121.